The van der Waals surface area contributed by atoms with Crippen LogP contribution >= 0.6 is 11.6 Å². The molecule has 3 aromatic rings. The van der Waals surface area contributed by atoms with Crippen LogP contribution in [0.2, 0.25) is 5.02 Å². The fraction of sp³-hybridized carbons (Fsp3) is 0.500. The zero-order valence-electron chi connectivity index (χ0n) is 19.0. The second-order valence-electron chi connectivity index (χ2n) is 9.68. The molecule has 4 aliphatic rings. The van der Waals surface area contributed by atoms with Crippen molar-refractivity contribution in [3.63, 3.8) is 0 Å². The highest BCUT2D eigenvalue weighted by molar-refractivity contribution is 6.35. The Morgan fingerprint density at radius 3 is 2.76 bits per heavy atom. The van der Waals surface area contributed by atoms with Gasteiger partial charge in [0.05, 0.1) is 41.7 Å². The smallest absolute Gasteiger partial charge is 0.407 e. The Morgan fingerprint density at radius 2 is 2.00 bits per heavy atom. The maximum absolute atomic E-state index is 14.0. The zero-order valence-corrected chi connectivity index (χ0v) is 19.7. The molecule has 1 aliphatic heterocycles. The Bertz CT molecular complexity index is 1270. The van der Waals surface area contributed by atoms with Crippen LogP contribution in [-0.2, 0) is 4.74 Å². The fourth-order valence-electron chi connectivity index (χ4n) is 6.34. The number of ether oxygens (including phenoxy) is 1. The number of methoxy groups -OCH3 is 1. The lowest BCUT2D eigenvalue weighted by Crippen LogP contribution is -2.54. The van der Waals surface area contributed by atoms with E-state index in [0.29, 0.717) is 28.5 Å². The summed E-state index contributed by atoms with van der Waals surface area (Å²) < 4.78 is 21.1. The van der Waals surface area contributed by atoms with Crippen LogP contribution in [0.5, 0.6) is 0 Å². The van der Waals surface area contributed by atoms with Crippen molar-refractivity contribution in [2.45, 2.75) is 56.7 Å². The molecule has 7 rings (SSSR count). The number of amides is 1. The number of halogens is 2. The summed E-state index contributed by atoms with van der Waals surface area (Å²) in [6.45, 7) is 2.01. The molecular weight excluding hydrogens is 459 g/mol. The van der Waals surface area contributed by atoms with Gasteiger partial charge in [0, 0.05) is 24.0 Å². The molecule has 10 heteroatoms. The molecule has 4 atom stereocenters. The quantitative estimate of drug-likeness (QED) is 0.562. The second kappa shape index (κ2) is 8.08. The Kier molecular flexibility index (Phi) is 5.13. The van der Waals surface area contributed by atoms with Gasteiger partial charge in [-0.05, 0) is 50.5 Å². The van der Waals surface area contributed by atoms with E-state index in [-0.39, 0.29) is 29.9 Å². The molecule has 3 aliphatic carbocycles. The van der Waals surface area contributed by atoms with Gasteiger partial charge in [-0.15, -0.1) is 0 Å². The molecule has 3 aromatic heterocycles. The third kappa shape index (κ3) is 3.32. The summed E-state index contributed by atoms with van der Waals surface area (Å²) in [4.78, 5) is 26.0. The van der Waals surface area contributed by atoms with Crippen molar-refractivity contribution < 1.29 is 13.9 Å². The van der Waals surface area contributed by atoms with Gasteiger partial charge in [-0.25, -0.2) is 24.1 Å². The van der Waals surface area contributed by atoms with Crippen molar-refractivity contribution in [2.24, 2.45) is 11.8 Å². The Labute approximate surface area is 201 Å². The highest BCUT2D eigenvalue weighted by Crippen LogP contribution is 2.49. The first-order chi connectivity index (χ1) is 16.4. The van der Waals surface area contributed by atoms with Crippen molar-refractivity contribution in [1.82, 2.24) is 24.8 Å². The van der Waals surface area contributed by atoms with Crippen molar-refractivity contribution in [3.8, 4) is 0 Å². The number of carbonyl (C=O) groups excluding carboxylic acids is 1. The number of hydrogen-bond acceptors (Lipinski definition) is 6. The molecule has 8 nitrogen and oxygen atoms in total. The van der Waals surface area contributed by atoms with E-state index in [1.54, 1.807) is 6.20 Å². The summed E-state index contributed by atoms with van der Waals surface area (Å²) >= 11 is 6.64. The first-order valence-corrected chi connectivity index (χ1v) is 12.1. The molecule has 0 radical (unpaired) electrons. The number of fused-ring (bicyclic) bond motifs is 5. The lowest BCUT2D eigenvalue weighted by Gasteiger charge is -2.49. The van der Waals surface area contributed by atoms with E-state index in [0.717, 1.165) is 42.3 Å². The normalized spacial score (nSPS) is 29.6. The third-order valence-corrected chi connectivity index (χ3v) is 8.17. The van der Waals surface area contributed by atoms with Crippen LogP contribution in [0.25, 0.3) is 11.0 Å². The maximum atomic E-state index is 14.0. The fourth-order valence-corrected chi connectivity index (χ4v) is 6.58. The van der Waals surface area contributed by atoms with Gasteiger partial charge >= 0.3 is 6.09 Å². The predicted molar refractivity (Wildman–Crippen MR) is 125 cm³/mol. The molecule has 2 unspecified atom stereocenters. The van der Waals surface area contributed by atoms with E-state index in [1.165, 1.54) is 19.4 Å². The highest BCUT2D eigenvalue weighted by Gasteiger charge is 2.46. The first-order valence-electron chi connectivity index (χ1n) is 11.7. The number of rotatable bonds is 3. The zero-order chi connectivity index (χ0) is 23.6. The second-order valence-corrected chi connectivity index (χ2v) is 10.1. The maximum Gasteiger partial charge on any atom is 0.407 e. The van der Waals surface area contributed by atoms with Gasteiger partial charge in [-0.2, -0.15) is 0 Å². The van der Waals surface area contributed by atoms with E-state index in [1.807, 2.05) is 13.1 Å². The summed E-state index contributed by atoms with van der Waals surface area (Å²) in [5.41, 5.74) is 1.48. The Balaban J connectivity index is 1.45. The van der Waals surface area contributed by atoms with E-state index in [2.05, 4.69) is 25.2 Å². The number of pyridine rings is 1. The van der Waals surface area contributed by atoms with Crippen molar-refractivity contribution in [3.05, 3.63) is 46.9 Å². The molecular formula is C24H26ClFN6O2. The van der Waals surface area contributed by atoms with E-state index >= 15 is 0 Å². The number of nitrogens with zero attached hydrogens (tertiary/aromatic N) is 4. The number of nitrogens with one attached hydrogen (secondary N) is 2. The minimum absolute atomic E-state index is 0.0230. The molecule has 2 N–H and O–H groups in total. The average Bonchev–Trinajstić information content (AvgIpc) is 3.34. The minimum Gasteiger partial charge on any atom is -0.453 e. The highest BCUT2D eigenvalue weighted by atomic mass is 35.5. The summed E-state index contributed by atoms with van der Waals surface area (Å²) in [5, 5.41) is 7.74. The molecule has 0 aromatic carbocycles. The van der Waals surface area contributed by atoms with Gasteiger partial charge < -0.3 is 19.9 Å². The summed E-state index contributed by atoms with van der Waals surface area (Å²) in [6, 6.07) is 1.42. The van der Waals surface area contributed by atoms with E-state index in [9.17, 15) is 9.18 Å². The molecule has 1 amide bonds. The van der Waals surface area contributed by atoms with Gasteiger partial charge in [0.1, 0.15) is 23.1 Å². The Morgan fingerprint density at radius 1 is 1.24 bits per heavy atom. The van der Waals surface area contributed by atoms with Crippen LogP contribution < -0.4 is 10.6 Å². The van der Waals surface area contributed by atoms with Crippen LogP contribution in [0.1, 0.15) is 56.0 Å². The molecule has 0 saturated heterocycles. The van der Waals surface area contributed by atoms with Crippen LogP contribution in [0.3, 0.4) is 0 Å². The van der Waals surface area contributed by atoms with Crippen molar-refractivity contribution in [2.75, 3.05) is 12.4 Å². The number of anilines is 1. The molecule has 0 spiro atoms. The molecule has 178 valence electrons. The average molecular weight is 485 g/mol. The van der Waals surface area contributed by atoms with Crippen molar-refractivity contribution in [1.29, 1.82) is 0 Å². The monoisotopic (exact) mass is 484 g/mol. The SMILES string of the molecule is COC(=O)N[C@H]1C2CCC(CC2)[C@@H]1n1cc(Cl)c2cnc(C3c4cc(F)cnc4NC3C)nc21. The van der Waals surface area contributed by atoms with Crippen molar-refractivity contribution >= 4 is 34.5 Å². The lowest BCUT2D eigenvalue weighted by molar-refractivity contribution is 0.0567. The van der Waals surface area contributed by atoms with Crippen LogP contribution in [0, 0.1) is 17.7 Å². The summed E-state index contributed by atoms with van der Waals surface area (Å²) in [6.07, 6.45) is 8.83. The molecule has 3 fully saturated rings. The minimum atomic E-state index is -0.419. The Hall–Kier alpha value is -2.94. The van der Waals surface area contributed by atoms with Gasteiger partial charge in [0.25, 0.3) is 0 Å². The van der Waals surface area contributed by atoms with Gasteiger partial charge in [-0.3, -0.25) is 0 Å². The van der Waals surface area contributed by atoms with Crippen LogP contribution in [-0.4, -0.2) is 44.8 Å². The summed E-state index contributed by atoms with van der Waals surface area (Å²) in [7, 11) is 1.39. The van der Waals surface area contributed by atoms with E-state index in [4.69, 9.17) is 21.3 Å². The topological polar surface area (TPSA) is 94.0 Å². The largest absolute Gasteiger partial charge is 0.453 e. The molecule has 34 heavy (non-hydrogen) atoms. The first kappa shape index (κ1) is 21.6. The lowest BCUT2D eigenvalue weighted by atomic mass is 9.64. The summed E-state index contributed by atoms with van der Waals surface area (Å²) in [5.74, 6) is 1.41. The molecule has 4 heterocycles. The van der Waals surface area contributed by atoms with Crippen LogP contribution in [0.15, 0.2) is 24.7 Å². The van der Waals surface area contributed by atoms with Gasteiger partial charge in [0.15, 0.2) is 0 Å². The number of aromatic nitrogens is 4. The van der Waals surface area contributed by atoms with Gasteiger partial charge in [0.2, 0.25) is 0 Å². The standard InChI is InChI=1S/C24H26ClFN6O2/c1-11-18(15-7-14(26)8-27-21(15)29-11)22-28-9-16-17(25)10-32(23(16)31-22)20-13-5-3-12(4-6-13)19(20)30-24(33)34-2/h7-13,18-20H,3-6H2,1-2H3,(H,27,29)(H,30,33)/t11?,12?,13?,18?,19-,20-/m0/s1. The van der Waals surface area contributed by atoms with Gasteiger partial charge in [-0.1, -0.05) is 11.6 Å². The molecule has 3 saturated carbocycles. The van der Waals surface area contributed by atoms with Crippen LogP contribution in [0.4, 0.5) is 15.0 Å². The number of alkyl carbamates (subject to hydrolysis) is 1. The predicted octanol–water partition coefficient (Wildman–Crippen LogP) is 4.65. The number of hydrogen-bond donors (Lipinski definition) is 2. The molecule has 2 bridgehead atoms. The third-order valence-electron chi connectivity index (χ3n) is 7.87. The van der Waals surface area contributed by atoms with E-state index < -0.39 is 6.09 Å². The number of carbonyl (C=O) groups is 1.